The minimum atomic E-state index is -3.71. The van der Waals surface area contributed by atoms with Crippen LogP contribution in [-0.4, -0.2) is 75.4 Å². The third kappa shape index (κ3) is 5.46. The normalized spacial score (nSPS) is 15.6. The maximum atomic E-state index is 12.8. The third-order valence-electron chi connectivity index (χ3n) is 5.41. The summed E-state index contributed by atoms with van der Waals surface area (Å²) in [5, 5.41) is 0. The van der Waals surface area contributed by atoms with E-state index >= 15 is 0 Å². The highest BCUT2D eigenvalue weighted by Crippen LogP contribution is 2.21. The molecule has 1 aliphatic heterocycles. The van der Waals surface area contributed by atoms with Crippen LogP contribution in [0.25, 0.3) is 0 Å². The Morgan fingerprint density at radius 3 is 2.36 bits per heavy atom. The first kappa shape index (κ1) is 25.4. The molecule has 1 aromatic carbocycles. The zero-order valence-electron chi connectivity index (χ0n) is 18.9. The Morgan fingerprint density at radius 1 is 1.06 bits per heavy atom. The molecule has 182 valence electrons. The van der Waals surface area contributed by atoms with E-state index in [1.807, 2.05) is 0 Å². The quantitative estimate of drug-likeness (QED) is 0.480. The van der Waals surface area contributed by atoms with Crippen LogP contribution < -0.4 is 0 Å². The zero-order chi connectivity index (χ0) is 24.2. The second-order valence-corrected chi connectivity index (χ2v) is 11.4. The van der Waals surface area contributed by atoms with Crippen molar-refractivity contribution in [1.82, 2.24) is 13.2 Å². The van der Waals surface area contributed by atoms with Gasteiger partial charge in [-0.15, -0.1) is 0 Å². The fourth-order valence-corrected chi connectivity index (χ4v) is 6.55. The predicted octanol–water partition coefficient (Wildman–Crippen LogP) is 1.43. The van der Waals surface area contributed by atoms with Crippen LogP contribution in [0.3, 0.4) is 0 Å². The Kier molecular flexibility index (Phi) is 7.96. The lowest BCUT2D eigenvalue weighted by Gasteiger charge is -2.26. The fourth-order valence-electron chi connectivity index (χ4n) is 3.55. The Morgan fingerprint density at radius 2 is 1.73 bits per heavy atom. The summed E-state index contributed by atoms with van der Waals surface area (Å²) in [6.07, 6.45) is 1.37. The van der Waals surface area contributed by atoms with Crippen LogP contribution in [-0.2, 0) is 43.2 Å². The van der Waals surface area contributed by atoms with Gasteiger partial charge in [-0.3, -0.25) is 0 Å². The summed E-state index contributed by atoms with van der Waals surface area (Å²) in [5.41, 5.74) is 0.584. The number of carbonyl (C=O) groups is 1. The van der Waals surface area contributed by atoms with Crippen molar-refractivity contribution in [3.8, 4) is 0 Å². The molecule has 0 spiro atoms. The van der Waals surface area contributed by atoms with Crippen molar-refractivity contribution in [1.29, 1.82) is 0 Å². The van der Waals surface area contributed by atoms with Crippen molar-refractivity contribution in [3.63, 3.8) is 0 Å². The van der Waals surface area contributed by atoms with Crippen molar-refractivity contribution >= 4 is 26.0 Å². The molecule has 0 amide bonds. The van der Waals surface area contributed by atoms with E-state index in [2.05, 4.69) is 0 Å². The summed E-state index contributed by atoms with van der Waals surface area (Å²) in [7, 11) is -5.82. The predicted molar refractivity (Wildman–Crippen MR) is 121 cm³/mol. The Hall–Kier alpha value is -2.25. The van der Waals surface area contributed by atoms with Gasteiger partial charge < -0.3 is 14.0 Å². The van der Waals surface area contributed by atoms with E-state index in [-0.39, 0.29) is 35.2 Å². The van der Waals surface area contributed by atoms with Crippen LogP contribution in [0.5, 0.6) is 0 Å². The first-order chi connectivity index (χ1) is 15.6. The molecule has 0 atom stereocenters. The smallest absolute Gasteiger partial charge is 0.355 e. The van der Waals surface area contributed by atoms with Crippen LogP contribution in [0, 0.1) is 0 Å². The number of sulfonamides is 2. The molecule has 0 unspecified atom stereocenters. The molecule has 1 aromatic heterocycles. The number of hydrogen-bond acceptors (Lipinski definition) is 7. The SMILES string of the molecule is CCN(CC)S(=O)(=O)c1cc(C(=O)OCc2cccc(S(=O)(=O)N3CCOCC3)c2)n(C)c1. The third-order valence-corrected chi connectivity index (χ3v) is 9.32. The molecule has 0 saturated carbocycles. The molecular formula is C21H29N3O7S2. The Bertz CT molecular complexity index is 1200. The average Bonchev–Trinajstić information content (AvgIpc) is 3.21. The van der Waals surface area contributed by atoms with Crippen LogP contribution >= 0.6 is 0 Å². The van der Waals surface area contributed by atoms with Crippen LogP contribution in [0.4, 0.5) is 0 Å². The molecular weight excluding hydrogens is 470 g/mol. The molecule has 0 bridgehead atoms. The summed E-state index contributed by atoms with van der Waals surface area (Å²) in [4.78, 5) is 12.8. The fraction of sp³-hybridized carbons (Fsp3) is 0.476. The standard InChI is InChI=1S/C21H29N3O7S2/c1-4-23(5-2)33(28,29)19-14-20(22(3)15-19)21(25)31-16-17-7-6-8-18(13-17)32(26,27)24-9-11-30-12-10-24/h6-8,13-15H,4-5,9-12,16H2,1-3H3. The van der Waals surface area contributed by atoms with E-state index in [4.69, 9.17) is 9.47 Å². The number of morpholine rings is 1. The molecule has 1 saturated heterocycles. The van der Waals surface area contributed by atoms with Gasteiger partial charge in [0.15, 0.2) is 0 Å². The van der Waals surface area contributed by atoms with Gasteiger partial charge in [-0.1, -0.05) is 26.0 Å². The lowest BCUT2D eigenvalue weighted by Crippen LogP contribution is -2.40. The highest BCUT2D eigenvalue weighted by molar-refractivity contribution is 7.89. The maximum absolute atomic E-state index is 12.8. The van der Waals surface area contributed by atoms with Gasteiger partial charge in [0.25, 0.3) is 0 Å². The van der Waals surface area contributed by atoms with E-state index in [9.17, 15) is 21.6 Å². The van der Waals surface area contributed by atoms with Gasteiger partial charge >= 0.3 is 5.97 Å². The van der Waals surface area contributed by atoms with Gasteiger partial charge in [-0.25, -0.2) is 21.6 Å². The molecule has 33 heavy (non-hydrogen) atoms. The highest BCUT2D eigenvalue weighted by Gasteiger charge is 2.27. The number of rotatable bonds is 9. The first-order valence-electron chi connectivity index (χ1n) is 10.6. The Balaban J connectivity index is 1.73. The summed E-state index contributed by atoms with van der Waals surface area (Å²) in [6.45, 7) is 5.22. The van der Waals surface area contributed by atoms with Crippen LogP contribution in [0.2, 0.25) is 0 Å². The van der Waals surface area contributed by atoms with E-state index in [0.29, 0.717) is 31.9 Å². The van der Waals surface area contributed by atoms with E-state index < -0.39 is 26.0 Å². The van der Waals surface area contributed by atoms with Gasteiger partial charge in [0.2, 0.25) is 20.0 Å². The Labute approximate surface area is 194 Å². The first-order valence-corrected chi connectivity index (χ1v) is 13.5. The molecule has 2 aromatic rings. The second kappa shape index (κ2) is 10.3. The minimum Gasteiger partial charge on any atom is -0.456 e. The van der Waals surface area contributed by atoms with Crippen molar-refractivity contribution in [2.24, 2.45) is 7.05 Å². The highest BCUT2D eigenvalue weighted by atomic mass is 32.2. The number of benzene rings is 1. The van der Waals surface area contributed by atoms with Crippen molar-refractivity contribution in [3.05, 3.63) is 47.8 Å². The van der Waals surface area contributed by atoms with E-state index in [1.165, 1.54) is 37.6 Å². The molecule has 10 nitrogen and oxygen atoms in total. The maximum Gasteiger partial charge on any atom is 0.355 e. The molecule has 3 rings (SSSR count). The molecule has 1 fully saturated rings. The van der Waals surface area contributed by atoms with Gasteiger partial charge in [0, 0.05) is 39.4 Å². The second-order valence-electron chi connectivity index (χ2n) is 7.50. The van der Waals surface area contributed by atoms with Gasteiger partial charge in [0.05, 0.1) is 18.1 Å². The van der Waals surface area contributed by atoms with Crippen molar-refractivity contribution < 1.29 is 31.1 Å². The number of aryl methyl sites for hydroxylation is 1. The molecule has 0 N–H and O–H groups in total. The number of carbonyl (C=O) groups excluding carboxylic acids is 1. The van der Waals surface area contributed by atoms with Crippen molar-refractivity contribution in [2.45, 2.75) is 30.2 Å². The molecule has 12 heteroatoms. The van der Waals surface area contributed by atoms with Crippen LogP contribution in [0.1, 0.15) is 29.9 Å². The number of ether oxygens (including phenoxy) is 2. The molecule has 2 heterocycles. The van der Waals surface area contributed by atoms with Gasteiger partial charge in [0.1, 0.15) is 17.2 Å². The van der Waals surface area contributed by atoms with Crippen LogP contribution in [0.15, 0.2) is 46.3 Å². The summed E-state index contributed by atoms with van der Waals surface area (Å²) in [5.74, 6) is -0.708. The van der Waals surface area contributed by atoms with Gasteiger partial charge in [-0.05, 0) is 23.8 Å². The molecule has 0 aliphatic carbocycles. The summed E-state index contributed by atoms with van der Waals surface area (Å²) < 4.78 is 65.8. The largest absolute Gasteiger partial charge is 0.456 e. The average molecular weight is 500 g/mol. The van der Waals surface area contributed by atoms with Crippen molar-refractivity contribution in [2.75, 3.05) is 39.4 Å². The lowest BCUT2D eigenvalue weighted by atomic mass is 10.2. The van der Waals surface area contributed by atoms with Gasteiger partial charge in [-0.2, -0.15) is 8.61 Å². The topological polar surface area (TPSA) is 115 Å². The summed E-state index contributed by atoms with van der Waals surface area (Å²) >= 11 is 0. The molecule has 1 aliphatic rings. The number of hydrogen-bond donors (Lipinski definition) is 0. The number of nitrogens with zero attached hydrogens (tertiary/aromatic N) is 3. The molecule has 0 radical (unpaired) electrons. The summed E-state index contributed by atoms with van der Waals surface area (Å²) in [6, 6.07) is 7.51. The van der Waals surface area contributed by atoms with E-state index in [0.717, 1.165) is 0 Å². The minimum absolute atomic E-state index is 0.0132. The monoisotopic (exact) mass is 499 g/mol. The zero-order valence-corrected chi connectivity index (χ0v) is 20.6. The van der Waals surface area contributed by atoms with E-state index in [1.54, 1.807) is 33.0 Å². The lowest BCUT2D eigenvalue weighted by molar-refractivity contribution is 0.0461. The number of aromatic nitrogens is 1. The number of esters is 1.